The van der Waals surface area contributed by atoms with Crippen molar-refractivity contribution in [1.29, 1.82) is 0 Å². The maximum absolute atomic E-state index is 6.26. The van der Waals surface area contributed by atoms with Gasteiger partial charge in [-0.15, -0.1) is 0 Å². The molecular weight excluding hydrogens is 256 g/mol. The summed E-state index contributed by atoms with van der Waals surface area (Å²) in [5.41, 5.74) is 2.34. The van der Waals surface area contributed by atoms with E-state index in [2.05, 4.69) is 43.1 Å². The largest absolute Gasteiger partial charge is 0.381 e. The van der Waals surface area contributed by atoms with E-state index in [0.29, 0.717) is 12.1 Å². The van der Waals surface area contributed by atoms with Crippen LogP contribution in [0.3, 0.4) is 0 Å². The van der Waals surface area contributed by atoms with Crippen molar-refractivity contribution < 1.29 is 0 Å². The molecule has 1 unspecified atom stereocenters. The second kappa shape index (κ2) is 6.62. The Morgan fingerprint density at radius 3 is 2.79 bits per heavy atom. The molecule has 0 saturated carbocycles. The number of likely N-dealkylation sites (tertiary alicyclic amines) is 1. The quantitative estimate of drug-likeness (QED) is 0.887. The van der Waals surface area contributed by atoms with E-state index < -0.39 is 0 Å². The highest BCUT2D eigenvalue weighted by atomic mass is 35.5. The maximum Gasteiger partial charge on any atom is 0.0637 e. The molecule has 0 radical (unpaired) electrons. The molecule has 0 bridgehead atoms. The van der Waals surface area contributed by atoms with Crippen LogP contribution in [0.25, 0.3) is 0 Å². The number of hydrogen-bond donors (Lipinski definition) is 1. The highest BCUT2D eigenvalue weighted by Gasteiger charge is 2.19. The van der Waals surface area contributed by atoms with Gasteiger partial charge in [-0.2, -0.15) is 0 Å². The van der Waals surface area contributed by atoms with Crippen LogP contribution in [-0.4, -0.2) is 30.1 Å². The minimum absolute atomic E-state index is 0.544. The Bertz CT molecular complexity index is 417. The lowest BCUT2D eigenvalue weighted by molar-refractivity contribution is 0.230. The maximum atomic E-state index is 6.26. The van der Waals surface area contributed by atoms with Gasteiger partial charge in [0.25, 0.3) is 0 Å². The van der Waals surface area contributed by atoms with Crippen LogP contribution in [-0.2, 0) is 0 Å². The molecule has 0 aromatic heterocycles. The Balaban J connectivity index is 1.98. The first-order valence-corrected chi connectivity index (χ1v) is 7.71. The molecule has 1 fully saturated rings. The highest BCUT2D eigenvalue weighted by Crippen LogP contribution is 2.25. The van der Waals surface area contributed by atoms with Crippen LogP contribution < -0.4 is 5.32 Å². The van der Waals surface area contributed by atoms with Crippen LogP contribution in [0.15, 0.2) is 18.2 Å². The number of aryl methyl sites for hydroxylation is 1. The molecule has 1 saturated heterocycles. The summed E-state index contributed by atoms with van der Waals surface area (Å²) in [6.45, 7) is 9.07. The zero-order valence-electron chi connectivity index (χ0n) is 12.2. The number of rotatable bonds is 3. The van der Waals surface area contributed by atoms with E-state index in [1.165, 1.54) is 37.9 Å². The molecule has 2 rings (SSSR count). The molecule has 1 heterocycles. The molecular formula is C16H25ClN2. The van der Waals surface area contributed by atoms with E-state index in [0.717, 1.165) is 10.7 Å². The molecule has 1 aromatic carbocycles. The third kappa shape index (κ3) is 4.12. The minimum Gasteiger partial charge on any atom is -0.381 e. The standard InChI is InChI=1S/C16H25ClN2/c1-12(2)19-9-4-5-14(8-10-19)18-16-11-13(3)6-7-15(16)17/h6-7,11-12,14,18H,4-5,8-10H2,1-3H3. The number of halogens is 1. The Morgan fingerprint density at radius 2 is 2.05 bits per heavy atom. The average molecular weight is 281 g/mol. The molecule has 1 atom stereocenters. The first-order chi connectivity index (χ1) is 9.06. The van der Waals surface area contributed by atoms with E-state index in [9.17, 15) is 0 Å². The summed E-state index contributed by atoms with van der Waals surface area (Å²) < 4.78 is 0. The first kappa shape index (κ1) is 14.7. The Morgan fingerprint density at radius 1 is 1.26 bits per heavy atom. The molecule has 19 heavy (non-hydrogen) atoms. The first-order valence-electron chi connectivity index (χ1n) is 7.33. The van der Waals surface area contributed by atoms with Gasteiger partial charge in [-0.05, 0) is 64.3 Å². The summed E-state index contributed by atoms with van der Waals surface area (Å²) in [6.07, 6.45) is 3.69. The molecule has 1 aliphatic rings. The van der Waals surface area contributed by atoms with Gasteiger partial charge >= 0.3 is 0 Å². The second-order valence-corrected chi connectivity index (χ2v) is 6.29. The Labute approximate surface area is 122 Å². The summed E-state index contributed by atoms with van der Waals surface area (Å²) in [4.78, 5) is 2.57. The normalized spacial score (nSPS) is 21.4. The molecule has 0 aliphatic carbocycles. The van der Waals surface area contributed by atoms with Crippen molar-refractivity contribution in [1.82, 2.24) is 4.90 Å². The Hall–Kier alpha value is -0.730. The van der Waals surface area contributed by atoms with Crippen molar-refractivity contribution in [2.75, 3.05) is 18.4 Å². The lowest BCUT2D eigenvalue weighted by Crippen LogP contribution is -2.32. The molecule has 1 aliphatic heterocycles. The van der Waals surface area contributed by atoms with Crippen LogP contribution >= 0.6 is 11.6 Å². The predicted molar refractivity (Wildman–Crippen MR) is 84.2 cm³/mol. The van der Waals surface area contributed by atoms with Crippen molar-refractivity contribution >= 4 is 17.3 Å². The van der Waals surface area contributed by atoms with Crippen LogP contribution in [0.2, 0.25) is 5.02 Å². The number of hydrogen-bond acceptors (Lipinski definition) is 2. The molecule has 3 heteroatoms. The summed E-state index contributed by atoms with van der Waals surface area (Å²) in [7, 11) is 0. The second-order valence-electron chi connectivity index (χ2n) is 5.89. The van der Waals surface area contributed by atoms with Gasteiger partial charge in [-0.25, -0.2) is 0 Å². The van der Waals surface area contributed by atoms with Gasteiger partial charge in [0.05, 0.1) is 10.7 Å². The molecule has 1 aromatic rings. The van der Waals surface area contributed by atoms with Crippen molar-refractivity contribution in [2.45, 2.75) is 52.1 Å². The SMILES string of the molecule is Cc1ccc(Cl)c(NC2CCCN(C(C)C)CC2)c1. The average Bonchev–Trinajstić information content (AvgIpc) is 2.59. The molecule has 0 spiro atoms. The fourth-order valence-corrected chi connectivity index (χ4v) is 2.92. The van der Waals surface area contributed by atoms with E-state index in [-0.39, 0.29) is 0 Å². The summed E-state index contributed by atoms with van der Waals surface area (Å²) in [6, 6.07) is 7.38. The van der Waals surface area contributed by atoms with E-state index in [1.807, 2.05) is 6.07 Å². The van der Waals surface area contributed by atoms with Gasteiger partial charge in [0, 0.05) is 18.6 Å². The smallest absolute Gasteiger partial charge is 0.0637 e. The van der Waals surface area contributed by atoms with E-state index >= 15 is 0 Å². The fraction of sp³-hybridized carbons (Fsp3) is 0.625. The molecule has 0 amide bonds. The predicted octanol–water partition coefficient (Wildman–Crippen LogP) is 4.32. The fourth-order valence-electron chi connectivity index (χ4n) is 2.75. The number of nitrogens with one attached hydrogen (secondary N) is 1. The van der Waals surface area contributed by atoms with Crippen molar-refractivity contribution in [3.8, 4) is 0 Å². The van der Waals surface area contributed by atoms with Crippen molar-refractivity contribution in [2.24, 2.45) is 0 Å². The number of anilines is 1. The minimum atomic E-state index is 0.544. The molecule has 2 nitrogen and oxygen atoms in total. The molecule has 106 valence electrons. The van der Waals surface area contributed by atoms with Crippen molar-refractivity contribution in [3.05, 3.63) is 28.8 Å². The van der Waals surface area contributed by atoms with Gasteiger partial charge in [-0.3, -0.25) is 0 Å². The van der Waals surface area contributed by atoms with E-state index in [4.69, 9.17) is 11.6 Å². The van der Waals surface area contributed by atoms with Gasteiger partial charge < -0.3 is 10.2 Å². The van der Waals surface area contributed by atoms with Crippen LogP contribution in [0.1, 0.15) is 38.7 Å². The van der Waals surface area contributed by atoms with Gasteiger partial charge in [0.1, 0.15) is 0 Å². The van der Waals surface area contributed by atoms with Crippen molar-refractivity contribution in [3.63, 3.8) is 0 Å². The number of nitrogens with zero attached hydrogens (tertiary/aromatic N) is 1. The topological polar surface area (TPSA) is 15.3 Å². The van der Waals surface area contributed by atoms with Gasteiger partial charge in [0.2, 0.25) is 0 Å². The zero-order chi connectivity index (χ0) is 13.8. The third-order valence-electron chi connectivity index (χ3n) is 3.97. The van der Waals surface area contributed by atoms with Crippen LogP contribution in [0.4, 0.5) is 5.69 Å². The number of benzene rings is 1. The molecule has 1 N–H and O–H groups in total. The van der Waals surface area contributed by atoms with Crippen LogP contribution in [0.5, 0.6) is 0 Å². The zero-order valence-corrected chi connectivity index (χ0v) is 13.0. The summed E-state index contributed by atoms with van der Waals surface area (Å²) in [5.74, 6) is 0. The lowest BCUT2D eigenvalue weighted by Gasteiger charge is -2.24. The van der Waals surface area contributed by atoms with Crippen LogP contribution in [0, 0.1) is 6.92 Å². The highest BCUT2D eigenvalue weighted by molar-refractivity contribution is 6.33. The monoisotopic (exact) mass is 280 g/mol. The van der Waals surface area contributed by atoms with Gasteiger partial charge in [0.15, 0.2) is 0 Å². The Kier molecular flexibility index (Phi) is 5.12. The lowest BCUT2D eigenvalue weighted by atomic mass is 10.1. The van der Waals surface area contributed by atoms with E-state index in [1.54, 1.807) is 0 Å². The third-order valence-corrected chi connectivity index (χ3v) is 4.30. The summed E-state index contributed by atoms with van der Waals surface area (Å²) in [5, 5.41) is 4.46. The van der Waals surface area contributed by atoms with Gasteiger partial charge in [-0.1, -0.05) is 17.7 Å². The summed E-state index contributed by atoms with van der Waals surface area (Å²) >= 11 is 6.26.